The first kappa shape index (κ1) is 42.0. The highest BCUT2D eigenvalue weighted by atomic mass is 79.9. The summed E-state index contributed by atoms with van der Waals surface area (Å²) in [5.74, 6) is -3.65. The Bertz CT molecular complexity index is 1480. The first-order valence-electron chi connectivity index (χ1n) is 19.1. The molecule has 1 spiro atoms. The van der Waals surface area contributed by atoms with Crippen molar-refractivity contribution in [1.82, 2.24) is 20.0 Å². The van der Waals surface area contributed by atoms with Gasteiger partial charge in [0.25, 0.3) is 0 Å². The van der Waals surface area contributed by atoms with Crippen LogP contribution in [-0.4, -0.2) is 144 Å². The number of allylic oxidation sites excluding steroid dienone is 1. The molecule has 9 atom stereocenters. The Balaban J connectivity index is 1.51. The van der Waals surface area contributed by atoms with Gasteiger partial charge in [0.05, 0.1) is 56.5 Å². The van der Waals surface area contributed by atoms with E-state index in [1.54, 1.807) is 17.1 Å². The maximum atomic E-state index is 15.0. The zero-order chi connectivity index (χ0) is 39.0. The quantitative estimate of drug-likeness (QED) is 0.115. The SMILES string of the molecule is C=CCCC(=O)N[C@@H](COC)[C@@H](OC(=O)[C@H]1[C@@H]2O[C@@]3(CC2Br)[C@@H]1C(=O)N([C@@H](CO)CC(C)C)[C@@H]3C(=O)N(CC=C)CCN1CCOCC1)c1ccccc1. The number of benzene rings is 1. The fourth-order valence-corrected chi connectivity index (χ4v) is 9.60. The minimum Gasteiger partial charge on any atom is -0.455 e. The number of methoxy groups -OCH3 is 1. The largest absolute Gasteiger partial charge is 0.455 e. The second kappa shape index (κ2) is 19.1. The van der Waals surface area contributed by atoms with Crippen molar-refractivity contribution in [3.05, 3.63) is 61.2 Å². The maximum Gasteiger partial charge on any atom is 0.313 e. The molecule has 0 radical (unpaired) electrons. The molecule has 3 amide bonds. The molecule has 2 N–H and O–H groups in total. The third kappa shape index (κ3) is 8.94. The number of nitrogens with zero attached hydrogens (tertiary/aromatic N) is 3. The lowest BCUT2D eigenvalue weighted by Gasteiger charge is -2.40. The van der Waals surface area contributed by atoms with Crippen LogP contribution in [0.2, 0.25) is 0 Å². The third-order valence-electron chi connectivity index (χ3n) is 11.0. The Morgan fingerprint density at radius 1 is 1.17 bits per heavy atom. The molecule has 1 aromatic rings. The Morgan fingerprint density at radius 2 is 1.89 bits per heavy atom. The predicted molar refractivity (Wildman–Crippen MR) is 205 cm³/mol. The fourth-order valence-electron chi connectivity index (χ4n) is 8.66. The van der Waals surface area contributed by atoms with Crippen LogP contribution >= 0.6 is 15.9 Å². The highest BCUT2D eigenvalue weighted by Crippen LogP contribution is 2.61. The van der Waals surface area contributed by atoms with Gasteiger partial charge in [0.2, 0.25) is 17.7 Å². The molecule has 4 heterocycles. The molecule has 0 aromatic heterocycles. The van der Waals surface area contributed by atoms with E-state index in [4.69, 9.17) is 18.9 Å². The Kier molecular flexibility index (Phi) is 14.9. The third-order valence-corrected chi connectivity index (χ3v) is 11.9. The zero-order valence-electron chi connectivity index (χ0n) is 31.8. The minimum atomic E-state index is -1.35. The molecule has 4 saturated heterocycles. The van der Waals surface area contributed by atoms with Gasteiger partial charge in [-0.15, -0.1) is 13.2 Å². The number of morpholine rings is 1. The summed E-state index contributed by atoms with van der Waals surface area (Å²) in [4.78, 5) is 62.6. The van der Waals surface area contributed by atoms with Gasteiger partial charge in [0.15, 0.2) is 0 Å². The average Bonchev–Trinajstić information content (AvgIpc) is 3.77. The summed E-state index contributed by atoms with van der Waals surface area (Å²) in [5, 5.41) is 13.7. The molecule has 0 aliphatic carbocycles. The van der Waals surface area contributed by atoms with E-state index in [1.807, 2.05) is 44.2 Å². The first-order valence-corrected chi connectivity index (χ1v) is 20.0. The number of hydrogen-bond acceptors (Lipinski definition) is 10. The fraction of sp³-hybridized carbons (Fsp3) is 0.650. The number of carbonyl (C=O) groups is 4. The van der Waals surface area contributed by atoms with E-state index in [9.17, 15) is 24.3 Å². The van der Waals surface area contributed by atoms with E-state index >= 15 is 0 Å². The van der Waals surface area contributed by atoms with E-state index in [1.165, 1.54) is 12.0 Å². The van der Waals surface area contributed by atoms with Crippen molar-refractivity contribution in [2.24, 2.45) is 17.8 Å². The standard InChI is InChI=1S/C40H57BrN4O9/c1-6-8-14-31(47)42-30(25-51-5)34(27-12-10-9-11-13-27)53-39(50)32-33-37(48)45(28(24-46)22-26(3)4)36(40(33)23-29(41)35(32)54-40)38(49)44(15-7-2)17-16-43-18-20-52-21-19-43/h6-7,9-13,26,28-30,32-36,46H,1-2,8,14-25H2,3-5H3,(H,42,47)/t28-,29?,30+,32-,33+,34+,35-,36-,40+/m1/s1. The molecule has 54 heavy (non-hydrogen) atoms. The average molecular weight is 818 g/mol. The van der Waals surface area contributed by atoms with Crippen LogP contribution in [0.15, 0.2) is 55.6 Å². The molecule has 4 fully saturated rings. The second-order valence-electron chi connectivity index (χ2n) is 15.1. The van der Waals surface area contributed by atoms with Gasteiger partial charge < -0.3 is 39.2 Å². The summed E-state index contributed by atoms with van der Waals surface area (Å²) >= 11 is 3.76. The number of likely N-dealkylation sites (tertiary alicyclic amines) is 1. The number of esters is 1. The number of aliphatic hydroxyl groups is 1. The molecular formula is C40H57BrN4O9. The molecule has 2 bridgehead atoms. The van der Waals surface area contributed by atoms with Crippen LogP contribution in [0.5, 0.6) is 0 Å². The number of rotatable bonds is 20. The van der Waals surface area contributed by atoms with Crippen molar-refractivity contribution in [3.8, 4) is 0 Å². The number of ether oxygens (including phenoxy) is 4. The number of amides is 3. The van der Waals surface area contributed by atoms with Gasteiger partial charge in [-0.3, -0.25) is 24.1 Å². The molecule has 1 aromatic carbocycles. The second-order valence-corrected chi connectivity index (χ2v) is 16.3. The smallest absolute Gasteiger partial charge is 0.313 e. The molecule has 14 heteroatoms. The van der Waals surface area contributed by atoms with Gasteiger partial charge in [-0.25, -0.2) is 0 Å². The summed E-state index contributed by atoms with van der Waals surface area (Å²) in [6, 6.07) is 6.57. The highest BCUT2D eigenvalue weighted by molar-refractivity contribution is 9.09. The van der Waals surface area contributed by atoms with Crippen molar-refractivity contribution in [2.75, 3.05) is 66.3 Å². The number of fused-ring (bicyclic) bond motifs is 1. The lowest BCUT2D eigenvalue weighted by Crippen LogP contribution is -2.59. The van der Waals surface area contributed by atoms with Crippen molar-refractivity contribution < 1.29 is 43.2 Å². The summed E-state index contributed by atoms with van der Waals surface area (Å²) < 4.78 is 24.2. The Labute approximate surface area is 327 Å². The Hall–Kier alpha value is -3.14. The molecule has 1 unspecified atom stereocenters. The van der Waals surface area contributed by atoms with E-state index in [-0.39, 0.29) is 48.7 Å². The van der Waals surface area contributed by atoms with Crippen molar-refractivity contribution in [3.63, 3.8) is 0 Å². The van der Waals surface area contributed by atoms with Crippen LogP contribution in [0.25, 0.3) is 0 Å². The number of carbonyl (C=O) groups excluding carboxylic acids is 4. The van der Waals surface area contributed by atoms with Gasteiger partial charge in [-0.05, 0) is 30.7 Å². The van der Waals surface area contributed by atoms with Crippen LogP contribution in [0.3, 0.4) is 0 Å². The molecule has 13 nitrogen and oxygen atoms in total. The van der Waals surface area contributed by atoms with Gasteiger partial charge in [-0.2, -0.15) is 0 Å². The van der Waals surface area contributed by atoms with Gasteiger partial charge >= 0.3 is 5.97 Å². The van der Waals surface area contributed by atoms with Crippen LogP contribution in [0.1, 0.15) is 51.2 Å². The van der Waals surface area contributed by atoms with Crippen LogP contribution in [-0.2, 0) is 38.1 Å². The lowest BCUT2D eigenvalue weighted by molar-refractivity contribution is -0.163. The molecular weight excluding hydrogens is 760 g/mol. The number of alkyl halides is 1. The first-order chi connectivity index (χ1) is 26.0. The maximum absolute atomic E-state index is 15.0. The highest BCUT2D eigenvalue weighted by Gasteiger charge is 2.77. The summed E-state index contributed by atoms with van der Waals surface area (Å²) in [6.45, 7) is 15.3. The van der Waals surface area contributed by atoms with E-state index in [0.29, 0.717) is 51.1 Å². The molecule has 298 valence electrons. The zero-order valence-corrected chi connectivity index (χ0v) is 33.4. The van der Waals surface area contributed by atoms with Gasteiger partial charge in [0, 0.05) is 51.1 Å². The molecule has 0 saturated carbocycles. The minimum absolute atomic E-state index is 0.0476. The van der Waals surface area contributed by atoms with Crippen LogP contribution in [0.4, 0.5) is 0 Å². The molecule has 4 aliphatic heterocycles. The molecule has 5 rings (SSSR count). The predicted octanol–water partition coefficient (Wildman–Crippen LogP) is 2.87. The summed E-state index contributed by atoms with van der Waals surface area (Å²) in [5.41, 5.74) is -0.719. The normalized spacial score (nSPS) is 28.0. The van der Waals surface area contributed by atoms with Crippen LogP contribution < -0.4 is 5.32 Å². The summed E-state index contributed by atoms with van der Waals surface area (Å²) in [6.07, 6.45) is 3.03. The van der Waals surface area contributed by atoms with Crippen molar-refractivity contribution >= 4 is 39.6 Å². The Morgan fingerprint density at radius 3 is 2.52 bits per heavy atom. The number of hydrogen-bond donors (Lipinski definition) is 2. The summed E-state index contributed by atoms with van der Waals surface area (Å²) in [7, 11) is 1.50. The van der Waals surface area contributed by atoms with E-state index in [0.717, 1.165) is 13.1 Å². The number of nitrogens with one attached hydrogen (secondary N) is 1. The topological polar surface area (TPSA) is 147 Å². The van der Waals surface area contributed by atoms with Gasteiger partial charge in [0.1, 0.15) is 17.7 Å². The van der Waals surface area contributed by atoms with Crippen molar-refractivity contribution in [2.45, 2.75) is 80.3 Å². The van der Waals surface area contributed by atoms with E-state index < -0.39 is 59.6 Å². The lowest BCUT2D eigenvalue weighted by atomic mass is 9.70. The van der Waals surface area contributed by atoms with Gasteiger partial charge in [-0.1, -0.05) is 72.3 Å². The molecule has 4 aliphatic rings. The number of aliphatic hydroxyl groups excluding tert-OH is 1. The number of halogens is 1. The monoisotopic (exact) mass is 816 g/mol. The van der Waals surface area contributed by atoms with Crippen LogP contribution in [0, 0.1) is 17.8 Å². The van der Waals surface area contributed by atoms with E-state index in [2.05, 4.69) is 39.3 Å². The van der Waals surface area contributed by atoms with Crippen molar-refractivity contribution in [1.29, 1.82) is 0 Å².